The lowest BCUT2D eigenvalue weighted by Crippen LogP contribution is -2.41. The molecule has 2 amide bonds. The third-order valence-electron chi connectivity index (χ3n) is 7.60. The lowest BCUT2D eigenvalue weighted by atomic mass is 9.89. The minimum absolute atomic E-state index is 0.00454. The maximum atomic E-state index is 13.9. The van der Waals surface area contributed by atoms with Crippen LogP contribution < -0.4 is 14.5 Å². The van der Waals surface area contributed by atoms with Crippen LogP contribution in [0.25, 0.3) is 0 Å². The molecule has 240 valence electrons. The van der Waals surface area contributed by atoms with Crippen molar-refractivity contribution in [2.75, 3.05) is 47.5 Å². The summed E-state index contributed by atoms with van der Waals surface area (Å²) in [4.78, 5) is 40.5. The molecule has 0 N–H and O–H groups in total. The Morgan fingerprint density at radius 3 is 2.11 bits per heavy atom. The molecule has 12 nitrogen and oxygen atoms in total. The smallest absolute Gasteiger partial charge is 0.420 e. The number of fused-ring (bicyclic) bond motifs is 2. The number of aromatic nitrogens is 2. The van der Waals surface area contributed by atoms with Gasteiger partial charge in [-0.15, -0.1) is 0 Å². The molecule has 1 aromatic heterocycles. The monoisotopic (exact) mass is 649 g/mol. The summed E-state index contributed by atoms with van der Waals surface area (Å²) in [5.74, 6) is 1.16. The number of anilines is 3. The molecule has 0 saturated carbocycles. The lowest BCUT2D eigenvalue weighted by Gasteiger charge is -2.34. The normalized spacial score (nSPS) is 18.9. The highest BCUT2D eigenvalue weighted by molar-refractivity contribution is 7.91. The van der Waals surface area contributed by atoms with Gasteiger partial charge in [-0.1, -0.05) is 11.6 Å². The number of halogens is 1. The molecule has 2 aromatic rings. The summed E-state index contributed by atoms with van der Waals surface area (Å²) >= 11 is 6.86. The van der Waals surface area contributed by atoms with Crippen LogP contribution >= 0.6 is 11.6 Å². The van der Waals surface area contributed by atoms with Crippen LogP contribution in [0, 0.1) is 0 Å². The van der Waals surface area contributed by atoms with Gasteiger partial charge in [-0.05, 0) is 78.0 Å². The molecule has 3 aliphatic heterocycles. The molecule has 0 spiro atoms. The third-order valence-corrected chi connectivity index (χ3v) is 9.49. The minimum atomic E-state index is -3.13. The van der Waals surface area contributed by atoms with E-state index in [9.17, 15) is 18.0 Å². The van der Waals surface area contributed by atoms with E-state index in [2.05, 4.69) is 9.97 Å². The van der Waals surface area contributed by atoms with Crippen LogP contribution in [-0.2, 0) is 25.9 Å². The summed E-state index contributed by atoms with van der Waals surface area (Å²) in [6.45, 7) is 12.4. The summed E-state index contributed by atoms with van der Waals surface area (Å²) in [7, 11) is -3.13. The van der Waals surface area contributed by atoms with E-state index in [0.29, 0.717) is 53.8 Å². The largest absolute Gasteiger partial charge is 0.485 e. The highest BCUT2D eigenvalue weighted by Gasteiger charge is 2.37. The van der Waals surface area contributed by atoms with E-state index < -0.39 is 27.1 Å². The Kier molecular flexibility index (Phi) is 8.67. The summed E-state index contributed by atoms with van der Waals surface area (Å²) in [5.41, 5.74) is 0.429. The molecule has 0 radical (unpaired) electrons. The molecular weight excluding hydrogens is 610 g/mol. The average Bonchev–Trinajstić information content (AvgIpc) is 3.08. The Morgan fingerprint density at radius 1 is 0.909 bits per heavy atom. The molecule has 0 bridgehead atoms. The summed E-state index contributed by atoms with van der Waals surface area (Å²) in [6.07, 6.45) is 1.73. The van der Waals surface area contributed by atoms with E-state index >= 15 is 0 Å². The van der Waals surface area contributed by atoms with Gasteiger partial charge in [0, 0.05) is 26.2 Å². The van der Waals surface area contributed by atoms with E-state index in [-0.39, 0.29) is 49.0 Å². The van der Waals surface area contributed by atoms with Crippen molar-refractivity contribution >= 4 is 50.9 Å². The number of piperidine rings is 1. The predicted molar refractivity (Wildman–Crippen MR) is 167 cm³/mol. The second-order valence-electron chi connectivity index (χ2n) is 13.3. The molecule has 0 aliphatic carbocycles. The van der Waals surface area contributed by atoms with Crippen molar-refractivity contribution in [2.24, 2.45) is 0 Å². The molecule has 2 fully saturated rings. The number of benzene rings is 1. The van der Waals surface area contributed by atoms with E-state index in [1.54, 1.807) is 25.7 Å². The molecule has 4 heterocycles. The molecule has 0 atom stereocenters. The Balaban J connectivity index is 1.51. The van der Waals surface area contributed by atoms with Crippen LogP contribution in [0.5, 0.6) is 5.75 Å². The Labute approximate surface area is 263 Å². The average molecular weight is 650 g/mol. The van der Waals surface area contributed by atoms with Gasteiger partial charge in [0.1, 0.15) is 30.0 Å². The molecule has 14 heteroatoms. The fourth-order valence-corrected chi connectivity index (χ4v) is 7.01. The summed E-state index contributed by atoms with van der Waals surface area (Å²) in [5, 5.41) is 0.326. The van der Waals surface area contributed by atoms with Gasteiger partial charge in [-0.3, -0.25) is 0 Å². The van der Waals surface area contributed by atoms with Gasteiger partial charge in [-0.2, -0.15) is 0 Å². The first-order chi connectivity index (χ1) is 20.5. The topological polar surface area (TPSA) is 131 Å². The van der Waals surface area contributed by atoms with Crippen molar-refractivity contribution in [3.05, 3.63) is 34.6 Å². The standard InChI is InChI=1S/C30H40ClN5O7S/c1-29(2,3)42-27(37)35-9-7-19(8-10-35)20-15-22(31)24-23(16-20)36(28(38)43-30(4,5)6)26-21(17-41-24)25(32-18-33-26)34-11-13-44(39,40)14-12-34/h15-16,18-19H,7-14,17H2,1-6H3. The van der Waals surface area contributed by atoms with Crippen molar-refractivity contribution in [2.45, 2.75) is 78.1 Å². The van der Waals surface area contributed by atoms with Crippen LogP contribution in [0.15, 0.2) is 18.5 Å². The second kappa shape index (κ2) is 11.9. The van der Waals surface area contributed by atoms with Crippen molar-refractivity contribution in [3.8, 4) is 5.75 Å². The minimum Gasteiger partial charge on any atom is -0.485 e. The van der Waals surface area contributed by atoms with Crippen molar-refractivity contribution < 1.29 is 32.2 Å². The number of nitrogens with zero attached hydrogens (tertiary/aromatic N) is 5. The Bertz CT molecular complexity index is 1530. The quantitative estimate of drug-likeness (QED) is 0.414. The van der Waals surface area contributed by atoms with Crippen LogP contribution in [0.4, 0.5) is 26.9 Å². The first-order valence-electron chi connectivity index (χ1n) is 14.8. The maximum absolute atomic E-state index is 13.9. The molecule has 2 saturated heterocycles. The predicted octanol–water partition coefficient (Wildman–Crippen LogP) is 5.44. The number of carbonyl (C=O) groups excluding carboxylic acids is 2. The van der Waals surface area contributed by atoms with Gasteiger partial charge in [0.25, 0.3) is 0 Å². The lowest BCUT2D eigenvalue weighted by molar-refractivity contribution is 0.0204. The van der Waals surface area contributed by atoms with Crippen LogP contribution in [0.1, 0.15) is 71.4 Å². The Morgan fingerprint density at radius 2 is 1.50 bits per heavy atom. The van der Waals surface area contributed by atoms with Crippen LogP contribution in [0.3, 0.4) is 0 Å². The van der Waals surface area contributed by atoms with E-state index in [1.807, 2.05) is 37.8 Å². The van der Waals surface area contributed by atoms with Gasteiger partial charge in [0.05, 0.1) is 27.8 Å². The summed E-state index contributed by atoms with van der Waals surface area (Å²) in [6, 6.07) is 3.73. The van der Waals surface area contributed by atoms with Gasteiger partial charge >= 0.3 is 12.2 Å². The van der Waals surface area contributed by atoms with E-state index in [1.165, 1.54) is 11.2 Å². The van der Waals surface area contributed by atoms with E-state index in [4.69, 9.17) is 25.8 Å². The van der Waals surface area contributed by atoms with Crippen molar-refractivity contribution in [1.29, 1.82) is 0 Å². The number of rotatable bonds is 2. The highest BCUT2D eigenvalue weighted by Crippen LogP contribution is 2.47. The van der Waals surface area contributed by atoms with Gasteiger partial charge in [0.2, 0.25) is 0 Å². The third kappa shape index (κ3) is 7.14. The fourth-order valence-electron chi connectivity index (χ4n) is 5.53. The summed E-state index contributed by atoms with van der Waals surface area (Å²) < 4.78 is 41.9. The number of sulfone groups is 1. The number of ether oxygens (including phenoxy) is 3. The molecule has 44 heavy (non-hydrogen) atoms. The number of hydrogen-bond donors (Lipinski definition) is 0. The van der Waals surface area contributed by atoms with Crippen LogP contribution in [-0.4, -0.2) is 84.4 Å². The molecule has 1 aromatic carbocycles. The number of carbonyl (C=O) groups is 2. The highest BCUT2D eigenvalue weighted by atomic mass is 35.5. The van der Waals surface area contributed by atoms with Crippen LogP contribution in [0.2, 0.25) is 5.02 Å². The fraction of sp³-hybridized carbons (Fsp3) is 0.600. The first kappa shape index (κ1) is 32.1. The number of amides is 2. The zero-order valence-corrected chi connectivity index (χ0v) is 27.6. The zero-order valence-electron chi connectivity index (χ0n) is 26.1. The van der Waals surface area contributed by atoms with Crippen molar-refractivity contribution in [1.82, 2.24) is 14.9 Å². The number of likely N-dealkylation sites (tertiary alicyclic amines) is 1. The first-order valence-corrected chi connectivity index (χ1v) is 17.0. The maximum Gasteiger partial charge on any atom is 0.420 e. The van der Waals surface area contributed by atoms with Gasteiger partial charge in [-0.25, -0.2) is 32.9 Å². The Hall–Kier alpha value is -3.32. The number of hydrogen-bond acceptors (Lipinski definition) is 10. The van der Waals surface area contributed by atoms with Gasteiger partial charge in [0.15, 0.2) is 21.4 Å². The van der Waals surface area contributed by atoms with E-state index in [0.717, 1.165) is 5.56 Å². The molecule has 5 rings (SSSR count). The molecule has 0 unspecified atom stereocenters. The second-order valence-corrected chi connectivity index (χ2v) is 16.0. The van der Waals surface area contributed by atoms with Crippen molar-refractivity contribution in [3.63, 3.8) is 0 Å². The SMILES string of the molecule is CC(C)(C)OC(=O)N1CCC(c2cc(Cl)c3c(c2)N(C(=O)OC(C)(C)C)c2ncnc(N4CCS(=O)(=O)CC4)c2CO3)CC1. The van der Waals surface area contributed by atoms with Gasteiger partial charge < -0.3 is 24.0 Å². The molecular formula is C30H40ClN5O7S. The molecule has 3 aliphatic rings. The zero-order chi connectivity index (χ0) is 32.0.